The number of hydrogen-bond donors (Lipinski definition) is 2. The molecule has 3 amide bonds. The van der Waals surface area contributed by atoms with Gasteiger partial charge in [-0.05, 0) is 44.9 Å². The van der Waals surface area contributed by atoms with Crippen LogP contribution in [0, 0.1) is 5.92 Å². The van der Waals surface area contributed by atoms with E-state index in [1.54, 1.807) is 28.0 Å². The van der Waals surface area contributed by atoms with E-state index in [-0.39, 0.29) is 17.9 Å². The van der Waals surface area contributed by atoms with Crippen LogP contribution in [-0.2, 0) is 4.79 Å². The number of benzene rings is 1. The molecule has 2 N–H and O–H groups in total. The standard InChI is InChI=1S/C18H24N4O4/c1-3-21(4-2)18(25)22-9-5-6-12(11-22)16(23)19-13-7-8-15-14(10-13)20-17(24)26-15/h7-8,10,12H,3-6,9,11H2,1-2H3,(H,19,23)(H,20,24). The molecule has 1 aromatic carbocycles. The number of nitrogens with one attached hydrogen (secondary N) is 2. The summed E-state index contributed by atoms with van der Waals surface area (Å²) in [5, 5.41) is 2.88. The second-order valence-corrected chi connectivity index (χ2v) is 6.45. The van der Waals surface area contributed by atoms with Crippen LogP contribution in [-0.4, -0.2) is 52.9 Å². The Kier molecular flexibility index (Phi) is 5.29. The van der Waals surface area contributed by atoms with E-state index in [0.717, 1.165) is 12.8 Å². The van der Waals surface area contributed by atoms with Gasteiger partial charge in [0.05, 0.1) is 11.4 Å². The maximum Gasteiger partial charge on any atom is 0.417 e. The number of aromatic amines is 1. The number of nitrogens with zero attached hydrogens (tertiary/aromatic N) is 2. The predicted octanol–water partition coefficient (Wildman–Crippen LogP) is 2.23. The van der Waals surface area contributed by atoms with Crippen LogP contribution in [0.4, 0.5) is 10.5 Å². The first kappa shape index (κ1) is 18.0. The minimum absolute atomic E-state index is 0.00936. The molecule has 0 spiro atoms. The predicted molar refractivity (Wildman–Crippen MR) is 98.1 cm³/mol. The number of carbonyl (C=O) groups is 2. The van der Waals surface area contributed by atoms with E-state index in [0.29, 0.717) is 43.0 Å². The summed E-state index contributed by atoms with van der Waals surface area (Å²) in [7, 11) is 0. The Morgan fingerprint density at radius 3 is 2.85 bits per heavy atom. The van der Waals surface area contributed by atoms with E-state index in [2.05, 4.69) is 10.3 Å². The fourth-order valence-corrected chi connectivity index (χ4v) is 3.33. The first-order valence-corrected chi connectivity index (χ1v) is 8.99. The zero-order valence-electron chi connectivity index (χ0n) is 15.1. The van der Waals surface area contributed by atoms with Crippen molar-refractivity contribution in [2.24, 2.45) is 5.92 Å². The molecule has 0 radical (unpaired) electrons. The molecular formula is C18H24N4O4. The molecule has 8 heteroatoms. The first-order chi connectivity index (χ1) is 12.5. The molecule has 1 atom stereocenters. The van der Waals surface area contributed by atoms with Crippen LogP contribution < -0.4 is 11.1 Å². The molecule has 0 aliphatic carbocycles. The van der Waals surface area contributed by atoms with Crippen molar-refractivity contribution in [3.63, 3.8) is 0 Å². The van der Waals surface area contributed by atoms with E-state index < -0.39 is 5.76 Å². The molecule has 140 valence electrons. The topological polar surface area (TPSA) is 98.7 Å². The summed E-state index contributed by atoms with van der Waals surface area (Å²) in [4.78, 5) is 42.5. The lowest BCUT2D eigenvalue weighted by atomic mass is 9.97. The summed E-state index contributed by atoms with van der Waals surface area (Å²) in [6.45, 7) is 6.32. The van der Waals surface area contributed by atoms with Crippen molar-refractivity contribution in [2.75, 3.05) is 31.5 Å². The maximum absolute atomic E-state index is 12.6. The summed E-state index contributed by atoms with van der Waals surface area (Å²) in [6.07, 6.45) is 1.55. The summed E-state index contributed by atoms with van der Waals surface area (Å²) < 4.78 is 4.96. The van der Waals surface area contributed by atoms with Gasteiger partial charge in [-0.25, -0.2) is 9.59 Å². The monoisotopic (exact) mass is 360 g/mol. The van der Waals surface area contributed by atoms with Gasteiger partial charge in [-0.15, -0.1) is 0 Å². The second-order valence-electron chi connectivity index (χ2n) is 6.45. The van der Waals surface area contributed by atoms with E-state index in [9.17, 15) is 14.4 Å². The van der Waals surface area contributed by atoms with Gasteiger partial charge in [-0.3, -0.25) is 9.78 Å². The quantitative estimate of drug-likeness (QED) is 0.873. The van der Waals surface area contributed by atoms with Gasteiger partial charge >= 0.3 is 11.8 Å². The molecule has 1 aliphatic rings. The molecule has 0 saturated carbocycles. The number of anilines is 1. The number of piperidine rings is 1. The Morgan fingerprint density at radius 1 is 1.35 bits per heavy atom. The smallest absolute Gasteiger partial charge is 0.408 e. The fourth-order valence-electron chi connectivity index (χ4n) is 3.33. The minimum Gasteiger partial charge on any atom is -0.408 e. The average Bonchev–Trinajstić information content (AvgIpc) is 3.02. The fraction of sp³-hybridized carbons (Fsp3) is 0.500. The van der Waals surface area contributed by atoms with Gasteiger partial charge < -0.3 is 19.5 Å². The molecule has 1 unspecified atom stereocenters. The van der Waals surface area contributed by atoms with Crippen LogP contribution >= 0.6 is 0 Å². The van der Waals surface area contributed by atoms with Gasteiger partial charge in [-0.2, -0.15) is 0 Å². The van der Waals surface area contributed by atoms with Crippen LogP contribution in [0.3, 0.4) is 0 Å². The van der Waals surface area contributed by atoms with E-state index >= 15 is 0 Å². The number of oxazole rings is 1. The number of fused-ring (bicyclic) bond motifs is 1. The molecule has 2 heterocycles. The Balaban J connectivity index is 1.66. The third kappa shape index (κ3) is 3.74. The average molecular weight is 360 g/mol. The van der Waals surface area contributed by atoms with Gasteiger partial charge in [-0.1, -0.05) is 0 Å². The zero-order chi connectivity index (χ0) is 18.7. The second kappa shape index (κ2) is 7.63. The van der Waals surface area contributed by atoms with Crippen molar-refractivity contribution in [1.82, 2.24) is 14.8 Å². The highest BCUT2D eigenvalue weighted by Crippen LogP contribution is 2.21. The SMILES string of the molecule is CCN(CC)C(=O)N1CCCC(C(=O)Nc2ccc3oc(=O)[nH]c3c2)C1. The molecule has 0 bridgehead atoms. The molecular weight excluding hydrogens is 336 g/mol. The van der Waals surface area contributed by atoms with Crippen molar-refractivity contribution < 1.29 is 14.0 Å². The third-order valence-corrected chi connectivity index (χ3v) is 4.78. The molecule has 26 heavy (non-hydrogen) atoms. The van der Waals surface area contributed by atoms with Crippen molar-refractivity contribution in [1.29, 1.82) is 0 Å². The van der Waals surface area contributed by atoms with Gasteiger partial charge in [0.2, 0.25) is 5.91 Å². The van der Waals surface area contributed by atoms with Gasteiger partial charge in [0.15, 0.2) is 5.58 Å². The highest BCUT2D eigenvalue weighted by Gasteiger charge is 2.30. The number of amides is 3. The Morgan fingerprint density at radius 2 is 2.12 bits per heavy atom. The van der Waals surface area contributed by atoms with Crippen LogP contribution in [0.5, 0.6) is 0 Å². The Bertz CT molecular complexity index is 852. The van der Waals surface area contributed by atoms with E-state index in [1.807, 2.05) is 13.8 Å². The number of carbonyl (C=O) groups excluding carboxylic acids is 2. The van der Waals surface area contributed by atoms with Crippen LogP contribution in [0.1, 0.15) is 26.7 Å². The molecule has 1 aromatic heterocycles. The van der Waals surface area contributed by atoms with Crippen molar-refractivity contribution in [2.45, 2.75) is 26.7 Å². The molecule has 2 aromatic rings. The van der Waals surface area contributed by atoms with E-state index in [1.165, 1.54) is 0 Å². The van der Waals surface area contributed by atoms with Gasteiger partial charge in [0.25, 0.3) is 0 Å². The minimum atomic E-state index is -0.527. The van der Waals surface area contributed by atoms with E-state index in [4.69, 9.17) is 4.42 Å². The number of urea groups is 1. The number of rotatable bonds is 4. The first-order valence-electron chi connectivity index (χ1n) is 8.99. The molecule has 1 aliphatic heterocycles. The van der Waals surface area contributed by atoms with Crippen molar-refractivity contribution in [3.8, 4) is 0 Å². The lowest BCUT2D eigenvalue weighted by Gasteiger charge is -2.35. The number of likely N-dealkylation sites (tertiary alicyclic amines) is 1. The highest BCUT2D eigenvalue weighted by molar-refractivity contribution is 5.94. The van der Waals surface area contributed by atoms with Crippen LogP contribution in [0.15, 0.2) is 27.4 Å². The molecule has 3 rings (SSSR count). The Hall–Kier alpha value is -2.77. The molecule has 1 fully saturated rings. The molecule has 8 nitrogen and oxygen atoms in total. The van der Waals surface area contributed by atoms with Gasteiger partial charge in [0, 0.05) is 31.9 Å². The molecule has 1 saturated heterocycles. The number of H-pyrrole nitrogens is 1. The van der Waals surface area contributed by atoms with Gasteiger partial charge in [0.1, 0.15) is 0 Å². The summed E-state index contributed by atoms with van der Waals surface area (Å²) in [6, 6.07) is 4.99. The summed E-state index contributed by atoms with van der Waals surface area (Å²) in [5.74, 6) is -0.893. The lowest BCUT2D eigenvalue weighted by Crippen LogP contribution is -2.49. The largest absolute Gasteiger partial charge is 0.417 e. The summed E-state index contributed by atoms with van der Waals surface area (Å²) >= 11 is 0. The Labute approximate surface area is 151 Å². The normalized spacial score (nSPS) is 17.3. The third-order valence-electron chi connectivity index (χ3n) is 4.78. The zero-order valence-corrected chi connectivity index (χ0v) is 15.1. The number of hydrogen-bond acceptors (Lipinski definition) is 4. The van der Waals surface area contributed by atoms with Crippen molar-refractivity contribution >= 4 is 28.7 Å². The lowest BCUT2D eigenvalue weighted by molar-refractivity contribution is -0.121. The number of aromatic nitrogens is 1. The highest BCUT2D eigenvalue weighted by atomic mass is 16.4. The maximum atomic E-state index is 12.6. The van der Waals surface area contributed by atoms with Crippen LogP contribution in [0.25, 0.3) is 11.1 Å². The summed E-state index contributed by atoms with van der Waals surface area (Å²) in [5.41, 5.74) is 1.57. The van der Waals surface area contributed by atoms with Crippen molar-refractivity contribution in [3.05, 3.63) is 28.7 Å². The van der Waals surface area contributed by atoms with Crippen LogP contribution in [0.2, 0.25) is 0 Å².